The predicted molar refractivity (Wildman–Crippen MR) is 115 cm³/mol. The minimum absolute atomic E-state index is 0.155. The highest BCUT2D eigenvalue weighted by atomic mass is 16.3. The van der Waals surface area contributed by atoms with Crippen LogP contribution in [0.15, 0.2) is 11.6 Å². The van der Waals surface area contributed by atoms with Crippen LogP contribution >= 0.6 is 0 Å². The Kier molecular flexibility index (Phi) is 5.59. The summed E-state index contributed by atoms with van der Waals surface area (Å²) in [5.74, 6) is 2.95. The molecule has 0 amide bonds. The summed E-state index contributed by atoms with van der Waals surface area (Å²) in [4.78, 5) is 24.7. The zero-order valence-corrected chi connectivity index (χ0v) is 18.8. The number of carbonyl (C=O) groups excluding carboxylic acids is 2. The lowest BCUT2D eigenvalue weighted by Gasteiger charge is -2.61. The fourth-order valence-electron chi connectivity index (χ4n) is 8.70. The molecule has 4 saturated carbocycles. The van der Waals surface area contributed by atoms with Crippen molar-refractivity contribution in [3.63, 3.8) is 0 Å². The Bertz CT molecular complexity index is 696. The fourth-order valence-corrected chi connectivity index (χ4v) is 8.70. The van der Waals surface area contributed by atoms with Crippen LogP contribution in [0.1, 0.15) is 85.5 Å². The SMILES string of the molecule is C/C=C1/C(=O)[C@@H]2[C@H](CC[C@]3(C)[C@@H]([C@H](C)CCC=O)CC[C@@H]23)[C@@]2(C)CC[C@@H](O)C[C@@H]12. The molecular formula is C26H40O3. The van der Waals surface area contributed by atoms with E-state index in [2.05, 4.69) is 26.8 Å². The minimum Gasteiger partial charge on any atom is -0.393 e. The molecule has 4 aliphatic carbocycles. The van der Waals surface area contributed by atoms with Crippen molar-refractivity contribution in [3.8, 4) is 0 Å². The number of hydrogen-bond donors (Lipinski definition) is 1. The molecule has 3 nitrogen and oxygen atoms in total. The highest BCUT2D eigenvalue weighted by Crippen LogP contribution is 2.68. The van der Waals surface area contributed by atoms with Crippen molar-refractivity contribution in [2.45, 2.75) is 91.6 Å². The van der Waals surface area contributed by atoms with Crippen molar-refractivity contribution in [2.75, 3.05) is 0 Å². The van der Waals surface area contributed by atoms with E-state index in [9.17, 15) is 14.7 Å². The second-order valence-corrected chi connectivity index (χ2v) is 11.3. The van der Waals surface area contributed by atoms with Crippen LogP contribution in [0.3, 0.4) is 0 Å². The zero-order chi connectivity index (χ0) is 21.0. The van der Waals surface area contributed by atoms with Gasteiger partial charge in [-0.2, -0.15) is 0 Å². The maximum Gasteiger partial charge on any atom is 0.162 e. The molecule has 9 atom stereocenters. The molecule has 0 aromatic rings. The van der Waals surface area contributed by atoms with Crippen molar-refractivity contribution < 1.29 is 14.7 Å². The number of aldehydes is 1. The largest absolute Gasteiger partial charge is 0.393 e. The van der Waals surface area contributed by atoms with Gasteiger partial charge in [-0.15, -0.1) is 0 Å². The number of aliphatic hydroxyl groups excluding tert-OH is 1. The maximum atomic E-state index is 13.8. The Labute approximate surface area is 176 Å². The Morgan fingerprint density at radius 3 is 2.48 bits per heavy atom. The summed E-state index contributed by atoms with van der Waals surface area (Å²) < 4.78 is 0. The van der Waals surface area contributed by atoms with Gasteiger partial charge < -0.3 is 9.90 Å². The Morgan fingerprint density at radius 1 is 1.10 bits per heavy atom. The van der Waals surface area contributed by atoms with Gasteiger partial charge in [-0.25, -0.2) is 0 Å². The van der Waals surface area contributed by atoms with Gasteiger partial charge in [0.05, 0.1) is 6.10 Å². The van der Waals surface area contributed by atoms with Crippen LogP contribution in [0.25, 0.3) is 0 Å². The standard InChI is InChI=1S/C26H40O3/c1-5-18-22-15-17(28)10-12-26(22,4)21-11-13-25(3)19(16(2)7-6-14-27)8-9-20(25)23(21)24(18)29/h5,14,16-17,19-23,28H,6-13,15H2,1-4H3/b18-5+/t16-,17-,19-,20+,21+,22+,23+,25-,26-/m1/s1. The van der Waals surface area contributed by atoms with Crippen molar-refractivity contribution in [2.24, 2.45) is 46.3 Å². The molecule has 0 heterocycles. The van der Waals surface area contributed by atoms with Crippen LogP contribution in [-0.4, -0.2) is 23.3 Å². The van der Waals surface area contributed by atoms with E-state index in [0.717, 1.165) is 44.0 Å². The normalized spacial score (nSPS) is 49.3. The van der Waals surface area contributed by atoms with Crippen LogP contribution < -0.4 is 0 Å². The van der Waals surface area contributed by atoms with E-state index in [4.69, 9.17) is 0 Å². The number of allylic oxidation sites excluding steroid dienone is 2. The van der Waals surface area contributed by atoms with Gasteiger partial charge in [-0.1, -0.05) is 26.8 Å². The van der Waals surface area contributed by atoms with Gasteiger partial charge in [0, 0.05) is 12.3 Å². The molecule has 0 aliphatic heterocycles. The first-order valence-electron chi connectivity index (χ1n) is 12.1. The summed E-state index contributed by atoms with van der Waals surface area (Å²) in [5, 5.41) is 10.4. The summed E-state index contributed by atoms with van der Waals surface area (Å²) in [6.45, 7) is 9.24. The topological polar surface area (TPSA) is 54.4 Å². The van der Waals surface area contributed by atoms with E-state index in [1.165, 1.54) is 19.3 Å². The van der Waals surface area contributed by atoms with Crippen molar-refractivity contribution in [1.29, 1.82) is 0 Å². The van der Waals surface area contributed by atoms with E-state index in [0.29, 0.717) is 35.9 Å². The lowest BCUT2D eigenvalue weighted by Crippen LogP contribution is -2.58. The summed E-state index contributed by atoms with van der Waals surface area (Å²) in [7, 11) is 0. The molecule has 0 unspecified atom stereocenters. The van der Waals surface area contributed by atoms with Gasteiger partial charge >= 0.3 is 0 Å². The van der Waals surface area contributed by atoms with E-state index in [-0.39, 0.29) is 28.8 Å². The average Bonchev–Trinajstić information content (AvgIpc) is 3.05. The highest BCUT2D eigenvalue weighted by Gasteiger charge is 2.64. The first-order valence-corrected chi connectivity index (χ1v) is 12.1. The summed E-state index contributed by atoms with van der Waals surface area (Å²) in [5.41, 5.74) is 1.41. The number of rotatable bonds is 4. The van der Waals surface area contributed by atoms with Crippen LogP contribution in [0.5, 0.6) is 0 Å². The smallest absolute Gasteiger partial charge is 0.162 e. The van der Waals surface area contributed by atoms with E-state index >= 15 is 0 Å². The third-order valence-corrected chi connectivity index (χ3v) is 10.2. The predicted octanol–water partition coefficient (Wildman–Crippen LogP) is 5.36. The van der Waals surface area contributed by atoms with E-state index < -0.39 is 0 Å². The van der Waals surface area contributed by atoms with Gasteiger partial charge in [-0.3, -0.25) is 4.79 Å². The molecule has 162 valence electrons. The van der Waals surface area contributed by atoms with Crippen LogP contribution in [0.2, 0.25) is 0 Å². The van der Waals surface area contributed by atoms with Crippen molar-refractivity contribution in [1.82, 2.24) is 0 Å². The Morgan fingerprint density at radius 2 is 1.79 bits per heavy atom. The van der Waals surface area contributed by atoms with Gasteiger partial charge in [-0.05, 0) is 104 Å². The molecule has 0 saturated heterocycles. The number of fused-ring (bicyclic) bond motifs is 5. The molecule has 4 rings (SSSR count). The van der Waals surface area contributed by atoms with Gasteiger partial charge in [0.2, 0.25) is 0 Å². The first-order chi connectivity index (χ1) is 13.8. The van der Waals surface area contributed by atoms with Gasteiger partial charge in [0.25, 0.3) is 0 Å². The molecule has 4 aliphatic rings. The average molecular weight is 401 g/mol. The summed E-state index contributed by atoms with van der Waals surface area (Å²) in [6, 6.07) is 0. The van der Waals surface area contributed by atoms with Gasteiger partial charge in [0.1, 0.15) is 6.29 Å². The number of carbonyl (C=O) groups is 2. The number of Topliss-reactive ketones (excluding diaryl/α,β-unsaturated/α-hetero) is 1. The molecule has 0 aromatic heterocycles. The molecule has 0 aromatic carbocycles. The zero-order valence-electron chi connectivity index (χ0n) is 18.8. The third-order valence-electron chi connectivity index (χ3n) is 10.2. The molecule has 0 spiro atoms. The molecule has 0 radical (unpaired) electrons. The second-order valence-electron chi connectivity index (χ2n) is 11.3. The van der Waals surface area contributed by atoms with Crippen LogP contribution in [0, 0.1) is 46.3 Å². The lowest BCUT2D eigenvalue weighted by atomic mass is 9.43. The second kappa shape index (κ2) is 7.62. The molecule has 29 heavy (non-hydrogen) atoms. The fraction of sp³-hybridized carbons (Fsp3) is 0.846. The van der Waals surface area contributed by atoms with Crippen LogP contribution in [-0.2, 0) is 9.59 Å². The van der Waals surface area contributed by atoms with Gasteiger partial charge in [0.15, 0.2) is 5.78 Å². The summed E-state index contributed by atoms with van der Waals surface area (Å²) in [6.07, 6.45) is 12.0. The van der Waals surface area contributed by atoms with Crippen molar-refractivity contribution >= 4 is 12.1 Å². The molecule has 3 heteroatoms. The molecule has 4 fully saturated rings. The summed E-state index contributed by atoms with van der Waals surface area (Å²) >= 11 is 0. The third kappa shape index (κ3) is 3.09. The first kappa shape index (κ1) is 21.3. The molecule has 1 N–H and O–H groups in total. The van der Waals surface area contributed by atoms with Crippen molar-refractivity contribution in [3.05, 3.63) is 11.6 Å². The number of hydrogen-bond acceptors (Lipinski definition) is 3. The maximum absolute atomic E-state index is 13.8. The van der Waals surface area contributed by atoms with E-state index in [1.54, 1.807) is 0 Å². The van der Waals surface area contributed by atoms with Crippen LogP contribution in [0.4, 0.5) is 0 Å². The Hall–Kier alpha value is -0.960. The quantitative estimate of drug-likeness (QED) is 0.511. The lowest BCUT2D eigenvalue weighted by molar-refractivity contribution is -0.150. The highest BCUT2D eigenvalue weighted by molar-refractivity contribution is 5.99. The minimum atomic E-state index is -0.254. The number of ketones is 1. The molecular weight excluding hydrogens is 360 g/mol. The van der Waals surface area contributed by atoms with E-state index in [1.807, 2.05) is 6.92 Å². The molecule has 0 bridgehead atoms. The Balaban J connectivity index is 1.67. The number of aliphatic hydroxyl groups is 1. The monoisotopic (exact) mass is 400 g/mol.